The highest BCUT2D eigenvalue weighted by molar-refractivity contribution is 6.51. The second kappa shape index (κ2) is 8.71. The molecule has 3 aromatic carbocycles. The van der Waals surface area contributed by atoms with Crippen molar-refractivity contribution >= 4 is 28.8 Å². The van der Waals surface area contributed by atoms with Crippen LogP contribution in [0.4, 0.5) is 11.4 Å². The lowest BCUT2D eigenvalue weighted by atomic mass is 9.94. The smallest absolute Gasteiger partial charge is 0.300 e. The van der Waals surface area contributed by atoms with Crippen LogP contribution >= 0.6 is 0 Å². The Bertz CT molecular complexity index is 1280. The number of Topliss-reactive ketones (excluding diaryl/α,β-unsaturated/α-hetero) is 1. The number of aliphatic hydroxyl groups excluding tert-OH is 1. The Morgan fingerprint density at radius 2 is 1.76 bits per heavy atom. The summed E-state index contributed by atoms with van der Waals surface area (Å²) in [4.78, 5) is 30.1. The molecule has 0 bridgehead atoms. The number of aliphatic hydroxyl groups is 1. The number of fused-ring (bicyclic) bond motifs is 1. The molecule has 1 fully saturated rings. The first-order valence-corrected chi connectivity index (χ1v) is 11.4. The molecule has 0 aromatic heterocycles. The van der Waals surface area contributed by atoms with Crippen LogP contribution in [-0.2, 0) is 16.0 Å². The molecule has 2 heterocycles. The minimum atomic E-state index is -0.737. The van der Waals surface area contributed by atoms with Crippen molar-refractivity contribution in [3.8, 4) is 5.75 Å². The van der Waals surface area contributed by atoms with Gasteiger partial charge in [0.1, 0.15) is 18.1 Å². The first-order chi connectivity index (χ1) is 16.5. The van der Waals surface area contributed by atoms with Crippen molar-refractivity contribution in [3.05, 3.63) is 95.1 Å². The van der Waals surface area contributed by atoms with Gasteiger partial charge in [0, 0.05) is 18.3 Å². The highest BCUT2D eigenvalue weighted by Gasteiger charge is 2.47. The molecule has 1 atom stereocenters. The van der Waals surface area contributed by atoms with Crippen molar-refractivity contribution in [1.82, 2.24) is 0 Å². The number of carbonyl (C=O) groups excluding carboxylic acids is 2. The number of carbonyl (C=O) groups is 2. The molecule has 2 aliphatic rings. The highest BCUT2D eigenvalue weighted by atomic mass is 16.5. The number of rotatable bonds is 4. The molecular weight excluding hydrogens is 428 g/mol. The Morgan fingerprint density at radius 3 is 2.47 bits per heavy atom. The van der Waals surface area contributed by atoms with E-state index in [-0.39, 0.29) is 11.3 Å². The predicted octanol–water partition coefficient (Wildman–Crippen LogP) is 4.70. The number of ether oxygens (including phenoxy) is 1. The van der Waals surface area contributed by atoms with E-state index in [9.17, 15) is 14.7 Å². The molecule has 1 saturated heterocycles. The zero-order valence-electron chi connectivity index (χ0n) is 19.2. The topological polar surface area (TPSA) is 70.1 Å². The number of amides is 1. The molecule has 1 amide bonds. The fraction of sp³-hybridized carbons (Fsp3) is 0.214. The Morgan fingerprint density at radius 1 is 1.03 bits per heavy atom. The van der Waals surface area contributed by atoms with Gasteiger partial charge in [-0.1, -0.05) is 49.4 Å². The third kappa shape index (κ3) is 3.61. The van der Waals surface area contributed by atoms with Crippen LogP contribution in [0, 0.1) is 0 Å². The average Bonchev–Trinajstić information content (AvgIpc) is 3.14. The van der Waals surface area contributed by atoms with Gasteiger partial charge in [0.05, 0.1) is 23.8 Å². The zero-order chi connectivity index (χ0) is 23.8. The molecule has 0 spiro atoms. The lowest BCUT2D eigenvalue weighted by Gasteiger charge is -2.28. The van der Waals surface area contributed by atoms with Gasteiger partial charge in [-0.15, -0.1) is 0 Å². The summed E-state index contributed by atoms with van der Waals surface area (Å²) in [7, 11) is 1.95. The Balaban J connectivity index is 1.67. The van der Waals surface area contributed by atoms with E-state index < -0.39 is 17.7 Å². The molecule has 6 nitrogen and oxygen atoms in total. The van der Waals surface area contributed by atoms with Gasteiger partial charge in [-0.2, -0.15) is 0 Å². The van der Waals surface area contributed by atoms with Gasteiger partial charge in [-0.05, 0) is 47.9 Å². The van der Waals surface area contributed by atoms with Crippen LogP contribution < -0.4 is 14.5 Å². The van der Waals surface area contributed by atoms with Crippen LogP contribution in [0.25, 0.3) is 5.76 Å². The maximum atomic E-state index is 13.3. The largest absolute Gasteiger partial charge is 0.507 e. The van der Waals surface area contributed by atoms with Crippen LogP contribution in [-0.4, -0.2) is 37.0 Å². The number of hydrogen-bond donors (Lipinski definition) is 1. The van der Waals surface area contributed by atoms with E-state index in [4.69, 9.17) is 4.74 Å². The molecule has 5 rings (SSSR count). The molecule has 2 aliphatic heterocycles. The zero-order valence-corrected chi connectivity index (χ0v) is 19.2. The van der Waals surface area contributed by atoms with Gasteiger partial charge in [-0.3, -0.25) is 14.5 Å². The Kier molecular flexibility index (Phi) is 5.57. The maximum Gasteiger partial charge on any atom is 0.300 e. The van der Waals surface area contributed by atoms with Crippen LogP contribution in [0.15, 0.2) is 78.4 Å². The summed E-state index contributed by atoms with van der Waals surface area (Å²) in [5, 5.41) is 11.4. The van der Waals surface area contributed by atoms with E-state index in [0.717, 1.165) is 35.5 Å². The molecule has 172 valence electrons. The van der Waals surface area contributed by atoms with E-state index in [2.05, 4.69) is 6.92 Å². The molecule has 34 heavy (non-hydrogen) atoms. The lowest BCUT2D eigenvalue weighted by molar-refractivity contribution is -0.132. The van der Waals surface area contributed by atoms with Crippen LogP contribution in [0.3, 0.4) is 0 Å². The molecule has 0 aliphatic carbocycles. The number of benzene rings is 3. The van der Waals surface area contributed by atoms with E-state index in [1.54, 1.807) is 18.2 Å². The summed E-state index contributed by atoms with van der Waals surface area (Å²) in [5.41, 5.74) is 3.88. The van der Waals surface area contributed by atoms with Gasteiger partial charge >= 0.3 is 0 Å². The first-order valence-electron chi connectivity index (χ1n) is 11.4. The van der Waals surface area contributed by atoms with E-state index >= 15 is 0 Å². The summed E-state index contributed by atoms with van der Waals surface area (Å²) >= 11 is 0. The van der Waals surface area contributed by atoms with Gasteiger partial charge in [0.15, 0.2) is 0 Å². The fourth-order valence-corrected chi connectivity index (χ4v) is 4.60. The minimum absolute atomic E-state index is 0.0788. The van der Waals surface area contributed by atoms with Crippen LogP contribution in [0.1, 0.15) is 29.7 Å². The second-order valence-electron chi connectivity index (χ2n) is 8.55. The molecular formula is C28H26N2O4. The first kappa shape index (κ1) is 21.8. The number of anilines is 2. The molecule has 1 N–H and O–H groups in total. The van der Waals surface area contributed by atoms with Crippen molar-refractivity contribution in [3.63, 3.8) is 0 Å². The van der Waals surface area contributed by atoms with Crippen LogP contribution in [0.5, 0.6) is 5.75 Å². The van der Waals surface area contributed by atoms with Crippen molar-refractivity contribution in [2.45, 2.75) is 19.4 Å². The number of ketones is 1. The number of aryl methyl sites for hydroxylation is 1. The molecule has 0 saturated carbocycles. The standard InChI is InChI=1S/C28H26N2O4/c1-3-18-9-12-21(13-10-18)30-25(19-7-5-4-6-8-19)24(27(32)28(30)33)26(31)20-11-14-23-22(17-20)29(2)15-16-34-23/h4-14,17,25,31H,3,15-16H2,1-2H3/b26-24-. The van der Waals surface area contributed by atoms with Gasteiger partial charge in [-0.25, -0.2) is 0 Å². The van der Waals surface area contributed by atoms with Crippen molar-refractivity contribution < 1.29 is 19.4 Å². The molecule has 1 unspecified atom stereocenters. The SMILES string of the molecule is CCc1ccc(N2C(=O)C(=O)/C(=C(\O)c3ccc4c(c3)N(C)CCO4)C2c2ccccc2)cc1. The van der Waals surface area contributed by atoms with Gasteiger partial charge < -0.3 is 14.7 Å². The predicted molar refractivity (Wildman–Crippen MR) is 132 cm³/mol. The minimum Gasteiger partial charge on any atom is -0.507 e. The van der Waals surface area contributed by atoms with Crippen LogP contribution in [0.2, 0.25) is 0 Å². The van der Waals surface area contributed by atoms with Gasteiger partial charge in [0.2, 0.25) is 0 Å². The molecule has 6 heteroatoms. The molecule has 3 aromatic rings. The number of nitrogens with zero attached hydrogens (tertiary/aromatic N) is 2. The second-order valence-corrected chi connectivity index (χ2v) is 8.55. The summed E-state index contributed by atoms with van der Waals surface area (Å²) in [5.74, 6) is -0.825. The van der Waals surface area contributed by atoms with Gasteiger partial charge in [0.25, 0.3) is 11.7 Å². The summed E-state index contributed by atoms with van der Waals surface area (Å²) < 4.78 is 5.71. The van der Waals surface area contributed by atoms with E-state index in [1.807, 2.05) is 66.5 Å². The molecule has 0 radical (unpaired) electrons. The maximum absolute atomic E-state index is 13.3. The third-order valence-corrected chi connectivity index (χ3v) is 6.51. The number of likely N-dealkylation sites (N-methyl/N-ethyl adjacent to an activating group) is 1. The lowest BCUT2D eigenvalue weighted by Crippen LogP contribution is -2.29. The third-order valence-electron chi connectivity index (χ3n) is 6.51. The highest BCUT2D eigenvalue weighted by Crippen LogP contribution is 2.43. The fourth-order valence-electron chi connectivity index (χ4n) is 4.60. The monoisotopic (exact) mass is 454 g/mol. The quantitative estimate of drug-likeness (QED) is 0.351. The van der Waals surface area contributed by atoms with Crippen molar-refractivity contribution in [2.24, 2.45) is 0 Å². The van der Waals surface area contributed by atoms with E-state index in [1.165, 1.54) is 4.90 Å². The summed E-state index contributed by atoms with van der Waals surface area (Å²) in [6.07, 6.45) is 0.873. The Hall–Kier alpha value is -4.06. The average molecular weight is 455 g/mol. The van der Waals surface area contributed by atoms with Crippen molar-refractivity contribution in [1.29, 1.82) is 0 Å². The normalized spacial score (nSPS) is 19.2. The summed E-state index contributed by atoms with van der Waals surface area (Å²) in [6, 6.07) is 21.5. The summed E-state index contributed by atoms with van der Waals surface area (Å²) in [6.45, 7) is 3.37. The number of hydrogen-bond acceptors (Lipinski definition) is 5. The van der Waals surface area contributed by atoms with E-state index in [0.29, 0.717) is 17.9 Å². The Labute approximate surface area is 198 Å². The van der Waals surface area contributed by atoms with Crippen molar-refractivity contribution in [2.75, 3.05) is 30.0 Å².